The monoisotopic (exact) mass is 339 g/mol. The molecule has 25 heavy (non-hydrogen) atoms. The number of hydrogen-bond donors (Lipinski definition) is 2. The number of furan rings is 1. The van der Waals surface area contributed by atoms with Gasteiger partial charge in [0, 0.05) is 6.07 Å². The molecule has 3 rings (SSSR count). The van der Waals surface area contributed by atoms with E-state index in [9.17, 15) is 4.79 Å². The SMILES string of the molecule is CCC(NC(=O)c1cc(-c2ccc(C)o2)[nH]n1)c1ccc(OC)cc1. The van der Waals surface area contributed by atoms with Crippen LogP contribution in [0.25, 0.3) is 11.5 Å². The third-order valence-corrected chi connectivity index (χ3v) is 4.05. The highest BCUT2D eigenvalue weighted by Gasteiger charge is 2.17. The fourth-order valence-corrected chi connectivity index (χ4v) is 2.63. The molecule has 3 aromatic rings. The van der Waals surface area contributed by atoms with E-state index in [1.54, 1.807) is 13.2 Å². The maximum absolute atomic E-state index is 12.5. The second-order valence-electron chi connectivity index (χ2n) is 5.78. The Hall–Kier alpha value is -3.02. The van der Waals surface area contributed by atoms with Crippen LogP contribution in [0.1, 0.15) is 41.2 Å². The van der Waals surface area contributed by atoms with Gasteiger partial charge in [-0.1, -0.05) is 19.1 Å². The summed E-state index contributed by atoms with van der Waals surface area (Å²) in [5.74, 6) is 2.02. The Labute approximate surface area is 146 Å². The van der Waals surface area contributed by atoms with E-state index in [0.717, 1.165) is 23.5 Å². The van der Waals surface area contributed by atoms with Gasteiger partial charge in [0.1, 0.15) is 17.2 Å². The number of H-pyrrole nitrogens is 1. The molecule has 1 atom stereocenters. The van der Waals surface area contributed by atoms with Crippen molar-refractivity contribution in [2.45, 2.75) is 26.3 Å². The van der Waals surface area contributed by atoms with Gasteiger partial charge in [0.15, 0.2) is 11.5 Å². The molecule has 1 amide bonds. The molecule has 0 aliphatic rings. The number of nitrogens with zero attached hydrogens (tertiary/aromatic N) is 1. The summed E-state index contributed by atoms with van der Waals surface area (Å²) >= 11 is 0. The van der Waals surface area contributed by atoms with Crippen LogP contribution in [0.3, 0.4) is 0 Å². The van der Waals surface area contributed by atoms with Crippen molar-refractivity contribution < 1.29 is 13.9 Å². The number of methoxy groups -OCH3 is 1. The number of rotatable bonds is 6. The number of ether oxygens (including phenoxy) is 1. The normalized spacial score (nSPS) is 12.0. The van der Waals surface area contributed by atoms with Crippen molar-refractivity contribution in [1.29, 1.82) is 0 Å². The van der Waals surface area contributed by atoms with Crippen molar-refractivity contribution in [1.82, 2.24) is 15.5 Å². The maximum atomic E-state index is 12.5. The summed E-state index contributed by atoms with van der Waals surface area (Å²) in [4.78, 5) is 12.5. The standard InChI is InChI=1S/C19H21N3O3/c1-4-15(13-6-8-14(24-3)9-7-13)20-19(23)17-11-16(21-22-17)18-10-5-12(2)25-18/h5-11,15H,4H2,1-3H3,(H,20,23)(H,21,22). The van der Waals surface area contributed by atoms with Gasteiger partial charge < -0.3 is 14.5 Å². The molecule has 0 aliphatic heterocycles. The number of carbonyl (C=O) groups is 1. The molecule has 0 bridgehead atoms. The first-order valence-corrected chi connectivity index (χ1v) is 8.17. The van der Waals surface area contributed by atoms with Crippen molar-refractivity contribution in [3.63, 3.8) is 0 Å². The van der Waals surface area contributed by atoms with Gasteiger partial charge in [-0.25, -0.2) is 0 Å². The Bertz CT molecular complexity index is 849. The zero-order valence-electron chi connectivity index (χ0n) is 14.5. The third kappa shape index (κ3) is 3.74. The van der Waals surface area contributed by atoms with Crippen molar-refractivity contribution in [2.24, 2.45) is 0 Å². The Morgan fingerprint density at radius 2 is 2.04 bits per heavy atom. The average molecular weight is 339 g/mol. The van der Waals surface area contributed by atoms with Gasteiger partial charge in [0.2, 0.25) is 0 Å². The lowest BCUT2D eigenvalue weighted by Crippen LogP contribution is -2.28. The van der Waals surface area contributed by atoms with Crippen LogP contribution in [0.15, 0.2) is 46.9 Å². The van der Waals surface area contributed by atoms with Gasteiger partial charge in [-0.15, -0.1) is 0 Å². The molecular weight excluding hydrogens is 318 g/mol. The number of benzene rings is 1. The van der Waals surface area contributed by atoms with E-state index in [1.165, 1.54) is 0 Å². The fraction of sp³-hybridized carbons (Fsp3) is 0.263. The molecule has 0 saturated carbocycles. The Kier molecular flexibility index (Phi) is 4.88. The van der Waals surface area contributed by atoms with Gasteiger partial charge >= 0.3 is 0 Å². The van der Waals surface area contributed by atoms with E-state index in [0.29, 0.717) is 17.1 Å². The number of aromatic nitrogens is 2. The number of aromatic amines is 1. The summed E-state index contributed by atoms with van der Waals surface area (Å²) in [6.45, 7) is 3.89. The van der Waals surface area contributed by atoms with Crippen LogP contribution in [0, 0.1) is 6.92 Å². The smallest absolute Gasteiger partial charge is 0.272 e. The predicted molar refractivity (Wildman–Crippen MR) is 94.5 cm³/mol. The molecule has 0 aliphatic carbocycles. The lowest BCUT2D eigenvalue weighted by Gasteiger charge is -2.17. The quantitative estimate of drug-likeness (QED) is 0.714. The van der Waals surface area contributed by atoms with Gasteiger partial charge in [0.25, 0.3) is 5.91 Å². The lowest BCUT2D eigenvalue weighted by atomic mass is 10.0. The van der Waals surface area contributed by atoms with E-state index in [2.05, 4.69) is 15.5 Å². The zero-order chi connectivity index (χ0) is 17.8. The van der Waals surface area contributed by atoms with Gasteiger partial charge in [-0.05, 0) is 43.2 Å². The number of nitrogens with one attached hydrogen (secondary N) is 2. The molecule has 2 aromatic heterocycles. The molecule has 0 saturated heterocycles. The van der Waals surface area contributed by atoms with E-state index in [4.69, 9.17) is 9.15 Å². The first-order valence-electron chi connectivity index (χ1n) is 8.17. The minimum atomic E-state index is -0.228. The number of carbonyl (C=O) groups excluding carboxylic acids is 1. The van der Waals surface area contributed by atoms with Gasteiger partial charge in [-0.2, -0.15) is 5.10 Å². The first-order chi connectivity index (χ1) is 12.1. The predicted octanol–water partition coefficient (Wildman–Crippen LogP) is 3.87. The highest BCUT2D eigenvalue weighted by atomic mass is 16.5. The molecule has 1 aromatic carbocycles. The van der Waals surface area contributed by atoms with E-state index in [-0.39, 0.29) is 11.9 Å². The Morgan fingerprint density at radius 1 is 1.28 bits per heavy atom. The Morgan fingerprint density at radius 3 is 2.64 bits per heavy atom. The highest BCUT2D eigenvalue weighted by molar-refractivity contribution is 5.93. The topological polar surface area (TPSA) is 80.2 Å². The summed E-state index contributed by atoms with van der Waals surface area (Å²) in [7, 11) is 1.63. The number of hydrogen-bond acceptors (Lipinski definition) is 4. The second kappa shape index (κ2) is 7.25. The molecule has 1 unspecified atom stereocenters. The van der Waals surface area contributed by atoms with Crippen molar-refractivity contribution in [3.8, 4) is 17.2 Å². The molecular formula is C19H21N3O3. The summed E-state index contributed by atoms with van der Waals surface area (Å²) in [6, 6.07) is 13.0. The number of amides is 1. The van der Waals surface area contributed by atoms with Crippen molar-refractivity contribution >= 4 is 5.91 Å². The summed E-state index contributed by atoms with van der Waals surface area (Å²) < 4.78 is 10.7. The second-order valence-corrected chi connectivity index (χ2v) is 5.78. The van der Waals surface area contributed by atoms with Gasteiger partial charge in [0.05, 0.1) is 13.2 Å². The van der Waals surface area contributed by atoms with E-state index < -0.39 is 0 Å². The molecule has 0 radical (unpaired) electrons. The van der Waals surface area contributed by atoms with Crippen LogP contribution < -0.4 is 10.1 Å². The van der Waals surface area contributed by atoms with Crippen LogP contribution >= 0.6 is 0 Å². The largest absolute Gasteiger partial charge is 0.497 e. The van der Waals surface area contributed by atoms with Crippen molar-refractivity contribution in [3.05, 3.63) is 59.5 Å². The molecule has 0 fully saturated rings. The van der Waals surface area contributed by atoms with Crippen LogP contribution in [-0.4, -0.2) is 23.2 Å². The average Bonchev–Trinajstić information content (AvgIpc) is 3.28. The molecule has 130 valence electrons. The zero-order valence-corrected chi connectivity index (χ0v) is 14.5. The minimum Gasteiger partial charge on any atom is -0.497 e. The summed E-state index contributed by atoms with van der Waals surface area (Å²) in [5, 5.41) is 9.95. The summed E-state index contributed by atoms with van der Waals surface area (Å²) in [5.41, 5.74) is 2.03. The molecule has 6 nitrogen and oxygen atoms in total. The molecule has 0 spiro atoms. The van der Waals surface area contributed by atoms with E-state index >= 15 is 0 Å². The van der Waals surface area contributed by atoms with Crippen LogP contribution in [0.2, 0.25) is 0 Å². The maximum Gasteiger partial charge on any atom is 0.272 e. The Balaban J connectivity index is 1.72. The molecule has 2 heterocycles. The van der Waals surface area contributed by atoms with Gasteiger partial charge in [-0.3, -0.25) is 9.89 Å². The van der Waals surface area contributed by atoms with Crippen molar-refractivity contribution in [2.75, 3.05) is 7.11 Å². The first kappa shape index (κ1) is 16.8. The highest BCUT2D eigenvalue weighted by Crippen LogP contribution is 2.22. The van der Waals surface area contributed by atoms with Crippen LogP contribution in [0.4, 0.5) is 0 Å². The van der Waals surface area contributed by atoms with E-state index in [1.807, 2.05) is 50.2 Å². The number of aryl methyl sites for hydroxylation is 1. The third-order valence-electron chi connectivity index (χ3n) is 4.05. The lowest BCUT2D eigenvalue weighted by molar-refractivity contribution is 0.0930. The fourth-order valence-electron chi connectivity index (χ4n) is 2.63. The van der Waals surface area contributed by atoms with Crippen LogP contribution in [0.5, 0.6) is 5.75 Å². The molecule has 6 heteroatoms. The van der Waals surface area contributed by atoms with Crippen LogP contribution in [-0.2, 0) is 0 Å². The minimum absolute atomic E-state index is 0.0931. The summed E-state index contributed by atoms with van der Waals surface area (Å²) in [6.07, 6.45) is 0.771. The molecule has 2 N–H and O–H groups in total.